The molecule has 2 aromatic rings. The standard InChI is InChI=1S/C15H16O4/c1-2-3-8-19-15(18)12-9-13(16)10-6-4-5-7-11(10)14(12)17/h4-7,9,16-17H,2-3,8H2,1H3. The number of carbonyl (C=O) groups excluding carboxylic acids is 1. The molecule has 0 aliphatic rings. The molecule has 0 amide bonds. The van der Waals surface area contributed by atoms with E-state index in [1.807, 2.05) is 6.92 Å². The number of fused-ring (bicyclic) bond motifs is 1. The van der Waals surface area contributed by atoms with Crippen molar-refractivity contribution in [1.82, 2.24) is 0 Å². The van der Waals surface area contributed by atoms with Gasteiger partial charge in [0.2, 0.25) is 0 Å². The molecule has 0 aliphatic carbocycles. The first-order valence-corrected chi connectivity index (χ1v) is 6.26. The number of phenols is 2. The van der Waals surface area contributed by atoms with E-state index in [-0.39, 0.29) is 17.1 Å². The van der Waals surface area contributed by atoms with Crippen LogP contribution in [0.5, 0.6) is 11.5 Å². The molecule has 19 heavy (non-hydrogen) atoms. The predicted octanol–water partition coefficient (Wildman–Crippen LogP) is 3.21. The minimum Gasteiger partial charge on any atom is -0.507 e. The van der Waals surface area contributed by atoms with Gasteiger partial charge in [-0.15, -0.1) is 0 Å². The Bertz CT molecular complexity index is 604. The monoisotopic (exact) mass is 260 g/mol. The van der Waals surface area contributed by atoms with Gasteiger partial charge in [0, 0.05) is 10.8 Å². The first kappa shape index (κ1) is 13.2. The first-order chi connectivity index (χ1) is 9.15. The third-order valence-electron chi connectivity index (χ3n) is 2.95. The lowest BCUT2D eigenvalue weighted by Crippen LogP contribution is -2.06. The number of phenolic OH excluding ortho intramolecular Hbond substituents is 2. The smallest absolute Gasteiger partial charge is 0.342 e. The average molecular weight is 260 g/mol. The van der Waals surface area contributed by atoms with Crippen LogP contribution in [0.3, 0.4) is 0 Å². The second-order valence-corrected chi connectivity index (χ2v) is 4.33. The summed E-state index contributed by atoms with van der Waals surface area (Å²) in [5.41, 5.74) is -0.00713. The molecule has 2 rings (SSSR count). The highest BCUT2D eigenvalue weighted by molar-refractivity contribution is 6.03. The molecule has 4 heteroatoms. The maximum Gasteiger partial charge on any atom is 0.342 e. The molecule has 2 aromatic carbocycles. The Morgan fingerprint density at radius 2 is 1.89 bits per heavy atom. The molecule has 0 spiro atoms. The minimum atomic E-state index is -0.619. The van der Waals surface area contributed by atoms with Gasteiger partial charge in [0.1, 0.15) is 17.1 Å². The van der Waals surface area contributed by atoms with Crippen molar-refractivity contribution in [2.45, 2.75) is 19.8 Å². The van der Waals surface area contributed by atoms with Gasteiger partial charge in [0.25, 0.3) is 0 Å². The lowest BCUT2D eigenvalue weighted by atomic mass is 10.0. The van der Waals surface area contributed by atoms with Crippen LogP contribution >= 0.6 is 0 Å². The van der Waals surface area contributed by atoms with Crippen LogP contribution in [0.1, 0.15) is 30.1 Å². The van der Waals surface area contributed by atoms with Crippen molar-refractivity contribution in [2.24, 2.45) is 0 Å². The Hall–Kier alpha value is -2.23. The number of esters is 1. The Morgan fingerprint density at radius 3 is 2.58 bits per heavy atom. The van der Waals surface area contributed by atoms with E-state index >= 15 is 0 Å². The molecule has 0 saturated carbocycles. The molecular formula is C15H16O4. The quantitative estimate of drug-likeness (QED) is 0.503. The third-order valence-corrected chi connectivity index (χ3v) is 2.95. The fraction of sp³-hybridized carbons (Fsp3) is 0.267. The summed E-state index contributed by atoms with van der Waals surface area (Å²) in [7, 11) is 0. The van der Waals surface area contributed by atoms with E-state index in [0.717, 1.165) is 12.8 Å². The van der Waals surface area contributed by atoms with Gasteiger partial charge in [-0.3, -0.25) is 0 Å². The summed E-state index contributed by atoms with van der Waals surface area (Å²) in [5.74, 6) is -0.822. The molecule has 0 heterocycles. The van der Waals surface area contributed by atoms with Gasteiger partial charge >= 0.3 is 5.97 Å². The van der Waals surface area contributed by atoms with Crippen molar-refractivity contribution in [1.29, 1.82) is 0 Å². The van der Waals surface area contributed by atoms with E-state index in [1.54, 1.807) is 24.3 Å². The van der Waals surface area contributed by atoms with Crippen LogP contribution in [0.4, 0.5) is 0 Å². The molecule has 0 atom stereocenters. The maximum atomic E-state index is 11.8. The number of ether oxygens (including phenoxy) is 1. The largest absolute Gasteiger partial charge is 0.507 e. The Kier molecular flexibility index (Phi) is 3.90. The molecule has 100 valence electrons. The summed E-state index contributed by atoms with van der Waals surface area (Å²) in [5, 5.41) is 20.9. The molecular weight excluding hydrogens is 244 g/mol. The molecule has 0 bridgehead atoms. The van der Waals surface area contributed by atoms with Crippen LogP contribution in [-0.2, 0) is 4.74 Å². The Labute approximate surface area is 111 Å². The van der Waals surface area contributed by atoms with Crippen molar-refractivity contribution in [3.63, 3.8) is 0 Å². The number of aromatic hydroxyl groups is 2. The number of rotatable bonds is 4. The summed E-state index contributed by atoms with van der Waals surface area (Å²) in [6.45, 7) is 2.30. The fourth-order valence-electron chi connectivity index (χ4n) is 1.88. The number of unbranched alkanes of at least 4 members (excludes halogenated alkanes) is 1. The van der Waals surface area contributed by atoms with Gasteiger partial charge in [-0.1, -0.05) is 37.6 Å². The molecule has 0 radical (unpaired) electrons. The van der Waals surface area contributed by atoms with Crippen LogP contribution in [-0.4, -0.2) is 22.8 Å². The number of hydrogen-bond donors (Lipinski definition) is 2. The average Bonchev–Trinajstić information content (AvgIpc) is 2.43. The maximum absolute atomic E-state index is 11.8. The minimum absolute atomic E-state index is 0.00713. The normalized spacial score (nSPS) is 10.6. The highest BCUT2D eigenvalue weighted by Gasteiger charge is 2.17. The molecule has 4 nitrogen and oxygen atoms in total. The van der Waals surface area contributed by atoms with E-state index in [0.29, 0.717) is 17.4 Å². The zero-order valence-corrected chi connectivity index (χ0v) is 10.7. The molecule has 0 aliphatic heterocycles. The van der Waals surface area contributed by atoms with Gasteiger partial charge in [0.15, 0.2) is 0 Å². The number of benzene rings is 2. The van der Waals surface area contributed by atoms with Gasteiger partial charge in [-0.25, -0.2) is 4.79 Å². The number of carbonyl (C=O) groups is 1. The summed E-state index contributed by atoms with van der Waals surface area (Å²) in [4.78, 5) is 11.8. The highest BCUT2D eigenvalue weighted by atomic mass is 16.5. The molecule has 2 N–H and O–H groups in total. The summed E-state index contributed by atoms with van der Waals surface area (Å²) in [6.07, 6.45) is 1.69. The third kappa shape index (κ3) is 2.62. The SMILES string of the molecule is CCCCOC(=O)c1cc(O)c2ccccc2c1O. The van der Waals surface area contributed by atoms with E-state index in [4.69, 9.17) is 4.74 Å². The van der Waals surface area contributed by atoms with E-state index in [1.165, 1.54) is 6.07 Å². The van der Waals surface area contributed by atoms with E-state index in [2.05, 4.69) is 0 Å². The lowest BCUT2D eigenvalue weighted by molar-refractivity contribution is 0.0496. The summed E-state index contributed by atoms with van der Waals surface area (Å²) in [6, 6.07) is 8.05. The van der Waals surface area contributed by atoms with Crippen molar-refractivity contribution in [3.8, 4) is 11.5 Å². The Morgan fingerprint density at radius 1 is 1.21 bits per heavy atom. The van der Waals surface area contributed by atoms with Crippen molar-refractivity contribution in [3.05, 3.63) is 35.9 Å². The van der Waals surface area contributed by atoms with Crippen LogP contribution in [0.15, 0.2) is 30.3 Å². The van der Waals surface area contributed by atoms with Crippen LogP contribution in [0.2, 0.25) is 0 Å². The Balaban J connectivity index is 2.39. The first-order valence-electron chi connectivity index (χ1n) is 6.26. The van der Waals surface area contributed by atoms with E-state index in [9.17, 15) is 15.0 Å². The molecule has 0 aromatic heterocycles. The predicted molar refractivity (Wildman–Crippen MR) is 72.5 cm³/mol. The zero-order chi connectivity index (χ0) is 13.8. The topological polar surface area (TPSA) is 66.8 Å². The van der Waals surface area contributed by atoms with Crippen molar-refractivity contribution < 1.29 is 19.7 Å². The van der Waals surface area contributed by atoms with Gasteiger partial charge in [0.05, 0.1) is 6.61 Å². The number of hydrogen-bond acceptors (Lipinski definition) is 4. The van der Waals surface area contributed by atoms with Crippen molar-refractivity contribution in [2.75, 3.05) is 6.61 Å². The van der Waals surface area contributed by atoms with Crippen LogP contribution in [0.25, 0.3) is 10.8 Å². The van der Waals surface area contributed by atoms with Gasteiger partial charge < -0.3 is 14.9 Å². The van der Waals surface area contributed by atoms with Gasteiger partial charge in [-0.05, 0) is 12.5 Å². The summed E-state index contributed by atoms with van der Waals surface area (Å²) >= 11 is 0. The highest BCUT2D eigenvalue weighted by Crippen LogP contribution is 2.35. The molecule has 0 saturated heterocycles. The molecule has 0 fully saturated rings. The van der Waals surface area contributed by atoms with Gasteiger partial charge in [-0.2, -0.15) is 0 Å². The van der Waals surface area contributed by atoms with Crippen molar-refractivity contribution >= 4 is 16.7 Å². The fourth-order valence-corrected chi connectivity index (χ4v) is 1.88. The zero-order valence-electron chi connectivity index (χ0n) is 10.7. The second-order valence-electron chi connectivity index (χ2n) is 4.33. The van der Waals surface area contributed by atoms with E-state index < -0.39 is 5.97 Å². The second kappa shape index (κ2) is 5.61. The van der Waals surface area contributed by atoms with Crippen LogP contribution in [0, 0.1) is 0 Å². The molecule has 0 unspecified atom stereocenters. The van der Waals surface area contributed by atoms with Crippen LogP contribution < -0.4 is 0 Å². The lowest BCUT2D eigenvalue weighted by Gasteiger charge is -2.09. The summed E-state index contributed by atoms with van der Waals surface area (Å²) < 4.78 is 5.04.